The van der Waals surface area contributed by atoms with E-state index in [0.29, 0.717) is 5.75 Å². The summed E-state index contributed by atoms with van der Waals surface area (Å²) in [6, 6.07) is 3.67. The second kappa shape index (κ2) is 5.74. The minimum Gasteiger partial charge on any atom is -0.493 e. The first-order valence-electron chi connectivity index (χ1n) is 8.72. The number of methoxy groups -OCH3 is 1. The summed E-state index contributed by atoms with van der Waals surface area (Å²) in [5.74, 6) is 0.358. The first-order chi connectivity index (χ1) is 12.2. The van der Waals surface area contributed by atoms with E-state index in [4.69, 9.17) is 13.7 Å². The second-order valence-electron chi connectivity index (χ2n) is 7.54. The number of carbonyl (C=O) groups is 1. The van der Waals surface area contributed by atoms with Crippen molar-refractivity contribution in [2.75, 3.05) is 20.0 Å². The number of esters is 1. The van der Waals surface area contributed by atoms with E-state index in [9.17, 15) is 13.2 Å². The Morgan fingerprint density at radius 2 is 2.08 bits per heavy atom. The van der Waals surface area contributed by atoms with Crippen LogP contribution >= 0.6 is 0 Å². The third-order valence-corrected chi connectivity index (χ3v) is 6.38. The summed E-state index contributed by atoms with van der Waals surface area (Å²) in [5.41, 5.74) is 2.25. The zero-order valence-electron chi connectivity index (χ0n) is 15.1. The van der Waals surface area contributed by atoms with Crippen LogP contribution < -0.4 is 8.92 Å². The Kier molecular flexibility index (Phi) is 3.84. The molecule has 0 spiro atoms. The molecule has 26 heavy (non-hydrogen) atoms. The summed E-state index contributed by atoms with van der Waals surface area (Å²) < 4.78 is 40.0. The molecule has 0 N–H and O–H groups in total. The highest BCUT2D eigenvalue weighted by Gasteiger charge is 2.52. The molecule has 1 aromatic carbocycles. The van der Waals surface area contributed by atoms with E-state index in [2.05, 4.69) is 6.08 Å². The Morgan fingerprint density at radius 3 is 2.77 bits per heavy atom. The molecule has 0 saturated carbocycles. The van der Waals surface area contributed by atoms with E-state index < -0.39 is 15.5 Å². The number of hydrogen-bond donors (Lipinski definition) is 0. The van der Waals surface area contributed by atoms with Gasteiger partial charge in [0.05, 0.1) is 25.4 Å². The maximum atomic E-state index is 12.7. The van der Waals surface area contributed by atoms with Crippen LogP contribution in [0, 0.1) is 11.3 Å². The predicted octanol–water partition coefficient (Wildman–Crippen LogP) is 2.88. The van der Waals surface area contributed by atoms with Crippen molar-refractivity contribution in [1.29, 1.82) is 0 Å². The van der Waals surface area contributed by atoms with Gasteiger partial charge in [0.1, 0.15) is 0 Å². The fourth-order valence-electron chi connectivity index (χ4n) is 4.65. The smallest absolute Gasteiger partial charge is 0.312 e. The molecule has 3 aliphatic rings. The average Bonchev–Trinajstić information content (AvgIpc) is 2.70. The van der Waals surface area contributed by atoms with Crippen LogP contribution in [0.2, 0.25) is 0 Å². The molecule has 140 valence electrons. The van der Waals surface area contributed by atoms with Gasteiger partial charge in [-0.25, -0.2) is 0 Å². The molecule has 7 heteroatoms. The summed E-state index contributed by atoms with van der Waals surface area (Å²) >= 11 is 0. The molecule has 1 heterocycles. The van der Waals surface area contributed by atoms with Gasteiger partial charge < -0.3 is 13.7 Å². The Hall–Kier alpha value is -2.02. The van der Waals surface area contributed by atoms with E-state index in [0.717, 1.165) is 42.2 Å². The van der Waals surface area contributed by atoms with Gasteiger partial charge in [-0.3, -0.25) is 4.79 Å². The number of fused-ring (bicyclic) bond motifs is 4. The van der Waals surface area contributed by atoms with Crippen molar-refractivity contribution in [2.45, 2.75) is 32.1 Å². The average molecular weight is 378 g/mol. The van der Waals surface area contributed by atoms with Crippen LogP contribution in [0.3, 0.4) is 0 Å². The van der Waals surface area contributed by atoms with E-state index in [-0.39, 0.29) is 30.2 Å². The van der Waals surface area contributed by atoms with Gasteiger partial charge in [0, 0.05) is 17.4 Å². The quantitative estimate of drug-likeness (QED) is 0.594. The predicted molar refractivity (Wildman–Crippen MR) is 95.6 cm³/mol. The zero-order valence-corrected chi connectivity index (χ0v) is 15.9. The van der Waals surface area contributed by atoms with Gasteiger partial charge in [0.25, 0.3) is 0 Å². The Balaban J connectivity index is 1.97. The fraction of sp³-hybridized carbons (Fsp3) is 0.526. The number of allylic oxidation sites excluding steroid dienone is 2. The molecule has 0 radical (unpaired) electrons. The molecule has 2 bridgehead atoms. The number of cyclic esters (lactones) is 1. The summed E-state index contributed by atoms with van der Waals surface area (Å²) in [4.78, 5) is 12.7. The second-order valence-corrected chi connectivity index (χ2v) is 9.12. The lowest BCUT2D eigenvalue weighted by molar-refractivity contribution is -0.155. The molecule has 0 amide bonds. The van der Waals surface area contributed by atoms with Crippen LogP contribution in [-0.2, 0) is 19.6 Å². The van der Waals surface area contributed by atoms with E-state index in [1.165, 1.54) is 7.11 Å². The Bertz CT molecular complexity index is 916. The van der Waals surface area contributed by atoms with Crippen molar-refractivity contribution < 1.29 is 26.9 Å². The molecule has 2 aliphatic carbocycles. The molecule has 3 unspecified atom stereocenters. The number of hydrogen-bond acceptors (Lipinski definition) is 6. The highest BCUT2D eigenvalue weighted by atomic mass is 32.2. The third-order valence-electron chi connectivity index (χ3n) is 5.91. The van der Waals surface area contributed by atoms with Crippen LogP contribution in [0.4, 0.5) is 0 Å². The lowest BCUT2D eigenvalue weighted by Crippen LogP contribution is -2.39. The monoisotopic (exact) mass is 378 g/mol. The molecule has 0 aromatic heterocycles. The van der Waals surface area contributed by atoms with Crippen LogP contribution in [0.5, 0.6) is 11.5 Å². The number of rotatable bonds is 3. The van der Waals surface area contributed by atoms with Crippen LogP contribution in [-0.4, -0.2) is 34.4 Å². The normalized spacial score (nSPS) is 29.8. The zero-order chi connectivity index (χ0) is 18.7. The minimum atomic E-state index is -3.73. The van der Waals surface area contributed by atoms with Crippen molar-refractivity contribution in [2.24, 2.45) is 11.3 Å². The SMILES string of the molecule is COc1ccc2c(c1OS(C)(=O)=O)C1COC(=O)C3(C)CCC=C2C3C1. The molecule has 1 aromatic rings. The fourth-order valence-corrected chi connectivity index (χ4v) is 5.12. The number of carbonyl (C=O) groups excluding carboxylic acids is 1. The molecule has 1 saturated heterocycles. The van der Waals surface area contributed by atoms with E-state index in [1.807, 2.05) is 13.0 Å². The Labute approximate surface area is 153 Å². The van der Waals surface area contributed by atoms with Crippen molar-refractivity contribution in [3.05, 3.63) is 29.3 Å². The summed E-state index contributed by atoms with van der Waals surface area (Å²) in [6.45, 7) is 2.20. The van der Waals surface area contributed by atoms with Gasteiger partial charge in [-0.2, -0.15) is 8.42 Å². The van der Waals surface area contributed by atoms with Crippen molar-refractivity contribution in [3.8, 4) is 11.5 Å². The minimum absolute atomic E-state index is 0.0724. The number of ether oxygens (including phenoxy) is 2. The van der Waals surface area contributed by atoms with E-state index in [1.54, 1.807) is 6.07 Å². The highest BCUT2D eigenvalue weighted by molar-refractivity contribution is 7.86. The molecule has 1 aliphatic heterocycles. The lowest BCUT2D eigenvalue weighted by Gasteiger charge is -2.42. The maximum absolute atomic E-state index is 12.7. The molecular formula is C19H22O6S. The molecule has 6 nitrogen and oxygen atoms in total. The largest absolute Gasteiger partial charge is 0.493 e. The van der Waals surface area contributed by atoms with Crippen molar-refractivity contribution in [1.82, 2.24) is 0 Å². The van der Waals surface area contributed by atoms with Gasteiger partial charge in [-0.15, -0.1) is 0 Å². The number of benzene rings is 1. The summed E-state index contributed by atoms with van der Waals surface area (Å²) in [7, 11) is -2.25. The van der Waals surface area contributed by atoms with Crippen LogP contribution in [0.25, 0.3) is 5.57 Å². The molecule has 4 rings (SSSR count). The van der Waals surface area contributed by atoms with Crippen molar-refractivity contribution in [3.63, 3.8) is 0 Å². The van der Waals surface area contributed by atoms with Gasteiger partial charge in [0.2, 0.25) is 0 Å². The topological polar surface area (TPSA) is 78.9 Å². The van der Waals surface area contributed by atoms with Crippen molar-refractivity contribution >= 4 is 21.7 Å². The highest BCUT2D eigenvalue weighted by Crippen LogP contribution is 2.58. The van der Waals surface area contributed by atoms with Gasteiger partial charge in [0.15, 0.2) is 11.5 Å². The van der Waals surface area contributed by atoms with Crippen LogP contribution in [0.1, 0.15) is 43.2 Å². The first-order valence-corrected chi connectivity index (χ1v) is 10.5. The van der Waals surface area contributed by atoms with Gasteiger partial charge >= 0.3 is 16.1 Å². The lowest BCUT2D eigenvalue weighted by atomic mass is 9.59. The first kappa shape index (κ1) is 17.4. The molecular weight excluding hydrogens is 356 g/mol. The third kappa shape index (κ3) is 2.52. The van der Waals surface area contributed by atoms with Gasteiger partial charge in [-0.05, 0) is 43.4 Å². The molecule has 3 atom stereocenters. The maximum Gasteiger partial charge on any atom is 0.312 e. The Morgan fingerprint density at radius 1 is 1.31 bits per heavy atom. The standard InChI is InChI=1S/C19H22O6S/c1-19-8-4-5-12-13-6-7-15(23-2)17(25-26(3,21)22)16(13)11(9-14(12)19)10-24-18(19)20/h5-7,11,14H,4,8-10H2,1-3H3. The van der Waals surface area contributed by atoms with Gasteiger partial charge in [-0.1, -0.05) is 12.1 Å². The van der Waals surface area contributed by atoms with Crippen LogP contribution in [0.15, 0.2) is 18.2 Å². The molecule has 1 fully saturated rings. The van der Waals surface area contributed by atoms with E-state index >= 15 is 0 Å². The summed E-state index contributed by atoms with van der Waals surface area (Å²) in [5, 5.41) is 0. The summed E-state index contributed by atoms with van der Waals surface area (Å²) in [6.07, 6.45) is 5.47.